The number of hydrogen-bond donors (Lipinski definition) is 0. The number of fused-ring (bicyclic) bond motifs is 12. The molecule has 0 aromatic heterocycles. The number of rotatable bonds is 0. The second kappa shape index (κ2) is 4.20. The van der Waals surface area contributed by atoms with Gasteiger partial charge in [0, 0.05) is 23.8 Å². The van der Waals surface area contributed by atoms with Crippen LogP contribution < -0.4 is 0 Å². The van der Waals surface area contributed by atoms with Crippen molar-refractivity contribution in [2.24, 2.45) is 52.8 Å². The molecular formula is C23H26O3. The van der Waals surface area contributed by atoms with Crippen LogP contribution in [0.3, 0.4) is 0 Å². The summed E-state index contributed by atoms with van der Waals surface area (Å²) in [5.41, 5.74) is 1.36. The first-order valence-corrected chi connectivity index (χ1v) is 10.7. The molecule has 0 N–H and O–H groups in total. The van der Waals surface area contributed by atoms with Crippen LogP contribution in [0.2, 0.25) is 0 Å². The molecule has 1 aliphatic heterocycles. The van der Waals surface area contributed by atoms with Crippen LogP contribution >= 0.6 is 0 Å². The second-order valence-corrected chi connectivity index (χ2v) is 10.5. The fraction of sp³-hybridized carbons (Fsp3) is 0.739. The van der Waals surface area contributed by atoms with Gasteiger partial charge in [-0.3, -0.25) is 4.79 Å². The van der Waals surface area contributed by atoms with E-state index in [0.29, 0.717) is 23.5 Å². The molecular weight excluding hydrogens is 324 g/mol. The van der Waals surface area contributed by atoms with Gasteiger partial charge in [0.15, 0.2) is 5.78 Å². The van der Waals surface area contributed by atoms with Gasteiger partial charge >= 0.3 is 5.97 Å². The lowest BCUT2D eigenvalue weighted by Gasteiger charge is -2.56. The van der Waals surface area contributed by atoms with Crippen LogP contribution in [0.25, 0.3) is 0 Å². The summed E-state index contributed by atoms with van der Waals surface area (Å²) in [6.45, 7) is 2.44. The summed E-state index contributed by atoms with van der Waals surface area (Å²) < 4.78 is 6.08. The van der Waals surface area contributed by atoms with Crippen LogP contribution in [0, 0.1) is 52.8 Å². The van der Waals surface area contributed by atoms with Crippen molar-refractivity contribution in [3.05, 3.63) is 23.8 Å². The van der Waals surface area contributed by atoms with E-state index in [1.54, 1.807) is 6.08 Å². The van der Waals surface area contributed by atoms with Crippen LogP contribution in [0.1, 0.15) is 45.4 Å². The zero-order chi connectivity index (χ0) is 17.4. The molecule has 0 bridgehead atoms. The summed E-state index contributed by atoms with van der Waals surface area (Å²) in [5, 5.41) is 0. The summed E-state index contributed by atoms with van der Waals surface area (Å²) in [4.78, 5) is 24.0. The molecule has 0 aromatic carbocycles. The Bertz CT molecular complexity index is 823. The molecule has 7 rings (SSSR count). The van der Waals surface area contributed by atoms with Gasteiger partial charge in [0.25, 0.3) is 0 Å². The first kappa shape index (κ1) is 14.6. The summed E-state index contributed by atoms with van der Waals surface area (Å²) >= 11 is 0. The molecule has 0 saturated heterocycles. The Labute approximate surface area is 154 Å². The molecule has 3 unspecified atom stereocenters. The highest BCUT2D eigenvalue weighted by Gasteiger charge is 2.79. The molecule has 136 valence electrons. The van der Waals surface area contributed by atoms with Gasteiger partial charge in [-0.2, -0.15) is 0 Å². The summed E-state index contributed by atoms with van der Waals surface area (Å²) in [5.74, 6) is 6.04. The van der Waals surface area contributed by atoms with Gasteiger partial charge in [-0.25, -0.2) is 4.79 Å². The van der Waals surface area contributed by atoms with Gasteiger partial charge in [-0.1, -0.05) is 12.5 Å². The summed E-state index contributed by atoms with van der Waals surface area (Å²) in [6, 6.07) is 0. The molecule has 26 heavy (non-hydrogen) atoms. The minimum Gasteiger partial charge on any atom is -0.451 e. The highest BCUT2D eigenvalue weighted by Crippen LogP contribution is 2.80. The third-order valence-electron chi connectivity index (χ3n) is 9.86. The number of esters is 1. The molecule has 3 nitrogen and oxygen atoms in total. The fourth-order valence-electron chi connectivity index (χ4n) is 8.94. The minimum atomic E-state index is -0.298. The molecule has 0 amide bonds. The van der Waals surface area contributed by atoms with E-state index in [9.17, 15) is 9.59 Å². The Kier molecular flexibility index (Phi) is 2.37. The quantitative estimate of drug-likeness (QED) is 0.626. The van der Waals surface area contributed by atoms with Crippen molar-refractivity contribution in [3.63, 3.8) is 0 Å². The van der Waals surface area contributed by atoms with E-state index in [0.717, 1.165) is 42.4 Å². The van der Waals surface area contributed by atoms with Crippen molar-refractivity contribution in [1.29, 1.82) is 0 Å². The van der Waals surface area contributed by atoms with Gasteiger partial charge in [0.05, 0.1) is 0 Å². The Morgan fingerprint density at radius 2 is 1.96 bits per heavy atom. The van der Waals surface area contributed by atoms with E-state index in [1.807, 2.05) is 6.08 Å². The van der Waals surface area contributed by atoms with Crippen LogP contribution in [0.5, 0.6) is 0 Å². The zero-order valence-electron chi connectivity index (χ0n) is 15.3. The topological polar surface area (TPSA) is 43.4 Å². The maximum atomic E-state index is 12.0. The summed E-state index contributed by atoms with van der Waals surface area (Å²) in [7, 11) is 0. The number of hydrogen-bond acceptors (Lipinski definition) is 3. The van der Waals surface area contributed by atoms with Gasteiger partial charge in [0.1, 0.15) is 5.60 Å². The predicted octanol–water partition coefficient (Wildman–Crippen LogP) is 3.69. The van der Waals surface area contributed by atoms with E-state index in [2.05, 4.69) is 13.0 Å². The SMILES string of the molecule is C[C@]12CCC3C(C1[C@@H]1C[C@@H]1[C@@]21C=CC(=O)O1)[C@@H]1C[C@@H]1C1=CC(=O)CC[C@@H]13. The molecule has 6 aliphatic carbocycles. The Morgan fingerprint density at radius 3 is 2.77 bits per heavy atom. The van der Waals surface area contributed by atoms with Crippen molar-refractivity contribution < 1.29 is 14.3 Å². The molecule has 0 radical (unpaired) electrons. The molecule has 5 saturated carbocycles. The molecule has 5 fully saturated rings. The smallest absolute Gasteiger partial charge is 0.331 e. The monoisotopic (exact) mass is 350 g/mol. The Morgan fingerprint density at radius 1 is 1.08 bits per heavy atom. The third-order valence-corrected chi connectivity index (χ3v) is 9.86. The minimum absolute atomic E-state index is 0.122. The van der Waals surface area contributed by atoms with Gasteiger partial charge < -0.3 is 4.74 Å². The van der Waals surface area contributed by atoms with Gasteiger partial charge in [0.2, 0.25) is 0 Å². The van der Waals surface area contributed by atoms with Crippen molar-refractivity contribution in [1.82, 2.24) is 0 Å². The van der Waals surface area contributed by atoms with E-state index in [1.165, 1.54) is 31.3 Å². The fourth-order valence-corrected chi connectivity index (χ4v) is 8.94. The highest BCUT2D eigenvalue weighted by molar-refractivity contribution is 5.91. The molecule has 7 aliphatic rings. The largest absolute Gasteiger partial charge is 0.451 e. The van der Waals surface area contributed by atoms with Crippen molar-refractivity contribution >= 4 is 11.8 Å². The normalized spacial score (nSPS) is 60.4. The van der Waals surface area contributed by atoms with E-state index in [4.69, 9.17) is 4.74 Å². The zero-order valence-corrected chi connectivity index (χ0v) is 15.3. The molecule has 10 atom stereocenters. The first-order valence-electron chi connectivity index (χ1n) is 10.7. The maximum absolute atomic E-state index is 12.0. The van der Waals surface area contributed by atoms with Crippen LogP contribution in [0.15, 0.2) is 23.8 Å². The predicted molar refractivity (Wildman–Crippen MR) is 94.8 cm³/mol. The lowest BCUT2D eigenvalue weighted by atomic mass is 9.49. The Hall–Kier alpha value is -1.38. The van der Waals surface area contributed by atoms with Crippen molar-refractivity contribution in [2.75, 3.05) is 0 Å². The standard InChI is InChI=1S/C23H26O3/c1-22-6-4-13-12-3-2-11(24)8-14(12)15-9-16(15)20(13)21(22)17-10-18(17)23(22)7-5-19(25)26-23/h5,7-8,12-13,15-18,20-21H,2-4,6,9-10H2,1H3/t12-,13?,15-,16-,17-,18+,20?,21?,22+,23+/m1/s1. The number of carbonyl (C=O) groups excluding carboxylic acids is 2. The molecule has 0 aromatic rings. The van der Waals surface area contributed by atoms with Gasteiger partial charge in [-0.15, -0.1) is 0 Å². The number of allylic oxidation sites excluding steroid dienone is 1. The summed E-state index contributed by atoms with van der Waals surface area (Å²) in [6.07, 6.45) is 12.7. The average Bonchev–Trinajstić information content (AvgIpc) is 3.51. The van der Waals surface area contributed by atoms with Gasteiger partial charge in [-0.05, 0) is 85.7 Å². The number of ether oxygens (including phenoxy) is 1. The number of carbonyl (C=O) groups is 2. The Balaban J connectivity index is 1.32. The third kappa shape index (κ3) is 1.44. The average molecular weight is 350 g/mol. The molecule has 1 spiro atoms. The van der Waals surface area contributed by atoms with Crippen molar-refractivity contribution in [3.8, 4) is 0 Å². The molecule has 3 heteroatoms. The van der Waals surface area contributed by atoms with E-state index < -0.39 is 0 Å². The lowest BCUT2D eigenvalue weighted by Crippen LogP contribution is -2.55. The van der Waals surface area contributed by atoms with Crippen LogP contribution in [-0.2, 0) is 14.3 Å². The number of ketones is 1. The van der Waals surface area contributed by atoms with E-state index in [-0.39, 0.29) is 17.0 Å². The van der Waals surface area contributed by atoms with Crippen molar-refractivity contribution in [2.45, 2.75) is 51.0 Å². The van der Waals surface area contributed by atoms with E-state index >= 15 is 0 Å². The molecule has 1 heterocycles. The highest BCUT2D eigenvalue weighted by atomic mass is 16.6. The second-order valence-electron chi connectivity index (χ2n) is 10.5. The lowest BCUT2D eigenvalue weighted by molar-refractivity contribution is -0.168. The van der Waals surface area contributed by atoms with Crippen LogP contribution in [-0.4, -0.2) is 17.4 Å². The first-order chi connectivity index (χ1) is 12.5. The van der Waals surface area contributed by atoms with Crippen LogP contribution in [0.4, 0.5) is 0 Å². The maximum Gasteiger partial charge on any atom is 0.331 e.